The first-order valence-corrected chi connectivity index (χ1v) is 13.3. The van der Waals surface area contributed by atoms with Gasteiger partial charge in [-0.25, -0.2) is 8.42 Å². The molecule has 5 nitrogen and oxygen atoms in total. The highest BCUT2D eigenvalue weighted by Crippen LogP contribution is 2.32. The van der Waals surface area contributed by atoms with E-state index in [1.54, 1.807) is 18.6 Å². The molecule has 4 rings (SSSR count). The predicted molar refractivity (Wildman–Crippen MR) is 127 cm³/mol. The molecule has 2 heterocycles. The van der Waals surface area contributed by atoms with Crippen LogP contribution in [0.2, 0.25) is 0 Å². The van der Waals surface area contributed by atoms with Crippen LogP contribution < -0.4 is 10.0 Å². The van der Waals surface area contributed by atoms with Gasteiger partial charge in [0, 0.05) is 23.0 Å². The SMILES string of the molecule is C[C@@H](CC1CCCCC1)NCc1ccccc1NS(=O)(=O)c1ccc(-c2ccoc2)s1. The van der Waals surface area contributed by atoms with Crippen LogP contribution >= 0.6 is 11.3 Å². The zero-order chi connectivity index (χ0) is 21.7. The molecule has 1 saturated carbocycles. The van der Waals surface area contributed by atoms with Gasteiger partial charge in [-0.3, -0.25) is 4.72 Å². The minimum atomic E-state index is -3.66. The molecule has 2 N–H and O–H groups in total. The lowest BCUT2D eigenvalue weighted by atomic mass is 9.85. The standard InChI is InChI=1S/C24H30N2O3S2/c1-18(15-19-7-3-2-4-8-19)25-16-20-9-5-6-10-22(20)26-31(27,28)24-12-11-23(30-24)21-13-14-29-17-21/h5-6,9-14,17-19,25-26H,2-4,7-8,15-16H2,1H3/t18-/m0/s1. The molecule has 2 aromatic heterocycles. The van der Waals surface area contributed by atoms with Gasteiger partial charge < -0.3 is 9.73 Å². The molecule has 1 aliphatic rings. The van der Waals surface area contributed by atoms with Crippen molar-refractivity contribution in [2.75, 3.05) is 4.72 Å². The summed E-state index contributed by atoms with van der Waals surface area (Å²) in [6.45, 7) is 2.86. The van der Waals surface area contributed by atoms with E-state index in [4.69, 9.17) is 4.42 Å². The molecule has 0 bridgehead atoms. The molecule has 0 saturated heterocycles. The third-order valence-electron chi connectivity index (χ3n) is 5.97. The fourth-order valence-corrected chi connectivity index (χ4v) is 6.68. The highest BCUT2D eigenvalue weighted by atomic mass is 32.2. The largest absolute Gasteiger partial charge is 0.472 e. The zero-order valence-electron chi connectivity index (χ0n) is 17.8. The number of para-hydroxylation sites is 1. The Kier molecular flexibility index (Phi) is 7.15. The molecule has 0 amide bonds. The van der Waals surface area contributed by atoms with E-state index in [0.29, 0.717) is 18.3 Å². The first-order valence-electron chi connectivity index (χ1n) is 11.0. The van der Waals surface area contributed by atoms with Gasteiger partial charge in [-0.15, -0.1) is 11.3 Å². The molecule has 0 radical (unpaired) electrons. The topological polar surface area (TPSA) is 71.3 Å². The summed E-state index contributed by atoms with van der Waals surface area (Å²) in [6, 6.07) is 13.3. The van der Waals surface area contributed by atoms with Gasteiger partial charge in [-0.2, -0.15) is 0 Å². The van der Waals surface area contributed by atoms with Gasteiger partial charge >= 0.3 is 0 Å². The summed E-state index contributed by atoms with van der Waals surface area (Å²) in [7, 11) is -3.66. The van der Waals surface area contributed by atoms with Crippen LogP contribution in [0.5, 0.6) is 0 Å². The molecule has 1 fully saturated rings. The first kappa shape index (κ1) is 22.1. The van der Waals surface area contributed by atoms with E-state index in [0.717, 1.165) is 21.9 Å². The molecule has 1 aromatic carbocycles. The lowest BCUT2D eigenvalue weighted by molar-refractivity contribution is 0.305. The van der Waals surface area contributed by atoms with Crippen LogP contribution in [0.1, 0.15) is 51.0 Å². The highest BCUT2D eigenvalue weighted by Gasteiger charge is 2.20. The van der Waals surface area contributed by atoms with E-state index >= 15 is 0 Å². The van der Waals surface area contributed by atoms with Crippen molar-refractivity contribution < 1.29 is 12.8 Å². The van der Waals surface area contributed by atoms with Gasteiger partial charge in [0.15, 0.2) is 0 Å². The molecule has 7 heteroatoms. The second kappa shape index (κ2) is 10.0. The lowest BCUT2D eigenvalue weighted by Gasteiger charge is -2.25. The second-order valence-corrected chi connectivity index (χ2v) is 11.4. The van der Waals surface area contributed by atoms with Crippen LogP contribution in [-0.2, 0) is 16.6 Å². The zero-order valence-corrected chi connectivity index (χ0v) is 19.5. The van der Waals surface area contributed by atoms with E-state index in [1.165, 1.54) is 49.9 Å². The summed E-state index contributed by atoms with van der Waals surface area (Å²) in [5, 5.41) is 3.59. The number of furan rings is 1. The van der Waals surface area contributed by atoms with Crippen LogP contribution in [-0.4, -0.2) is 14.5 Å². The van der Waals surface area contributed by atoms with Crippen molar-refractivity contribution in [3.63, 3.8) is 0 Å². The number of hydrogen-bond donors (Lipinski definition) is 2. The number of thiophene rings is 1. The van der Waals surface area contributed by atoms with E-state index < -0.39 is 10.0 Å². The average molecular weight is 459 g/mol. The fourth-order valence-electron chi connectivity index (χ4n) is 4.28. The van der Waals surface area contributed by atoms with Gasteiger partial charge in [-0.05, 0) is 49.1 Å². The molecule has 0 spiro atoms. The van der Waals surface area contributed by atoms with Crippen LogP contribution in [0.3, 0.4) is 0 Å². The maximum absolute atomic E-state index is 13.0. The Balaban J connectivity index is 1.40. The van der Waals surface area contributed by atoms with E-state index in [2.05, 4.69) is 17.0 Å². The van der Waals surface area contributed by atoms with Gasteiger partial charge in [0.2, 0.25) is 0 Å². The predicted octanol–water partition coefficient (Wildman–Crippen LogP) is 6.26. The van der Waals surface area contributed by atoms with Crippen molar-refractivity contribution in [1.82, 2.24) is 5.32 Å². The Morgan fingerprint density at radius 3 is 2.68 bits per heavy atom. The number of anilines is 1. The second-order valence-electron chi connectivity index (χ2n) is 8.42. The lowest BCUT2D eigenvalue weighted by Crippen LogP contribution is -2.29. The van der Waals surface area contributed by atoms with Crippen LogP contribution in [0.4, 0.5) is 5.69 Å². The minimum absolute atomic E-state index is 0.289. The summed E-state index contributed by atoms with van der Waals surface area (Å²) >= 11 is 1.23. The minimum Gasteiger partial charge on any atom is -0.472 e. The van der Waals surface area contributed by atoms with Crippen molar-refractivity contribution in [2.24, 2.45) is 5.92 Å². The van der Waals surface area contributed by atoms with Gasteiger partial charge in [0.25, 0.3) is 10.0 Å². The summed E-state index contributed by atoms with van der Waals surface area (Å²) < 4.78 is 34.2. The molecule has 1 atom stereocenters. The highest BCUT2D eigenvalue weighted by molar-refractivity contribution is 7.94. The van der Waals surface area contributed by atoms with Gasteiger partial charge in [0.05, 0.1) is 18.2 Å². The van der Waals surface area contributed by atoms with Crippen molar-refractivity contribution in [1.29, 1.82) is 0 Å². The molecular weight excluding hydrogens is 428 g/mol. The number of rotatable bonds is 9. The Hall–Kier alpha value is -2.09. The summed E-state index contributed by atoms with van der Waals surface area (Å²) in [5.41, 5.74) is 2.45. The summed E-state index contributed by atoms with van der Waals surface area (Å²) in [6.07, 6.45) is 11.1. The monoisotopic (exact) mass is 458 g/mol. The van der Waals surface area contributed by atoms with Crippen molar-refractivity contribution in [2.45, 2.75) is 62.2 Å². The Labute approximate surface area is 188 Å². The van der Waals surface area contributed by atoms with Crippen molar-refractivity contribution >= 4 is 27.0 Å². The van der Waals surface area contributed by atoms with Gasteiger partial charge in [0.1, 0.15) is 4.21 Å². The van der Waals surface area contributed by atoms with Crippen LogP contribution in [0.25, 0.3) is 10.4 Å². The van der Waals surface area contributed by atoms with E-state index in [9.17, 15) is 8.42 Å². The smallest absolute Gasteiger partial charge is 0.271 e. The maximum atomic E-state index is 13.0. The van der Waals surface area contributed by atoms with E-state index in [1.807, 2.05) is 36.4 Å². The third-order valence-corrected chi connectivity index (χ3v) is 8.96. The third kappa shape index (κ3) is 5.79. The summed E-state index contributed by atoms with van der Waals surface area (Å²) in [5.74, 6) is 0.813. The fraction of sp³-hybridized carbons (Fsp3) is 0.417. The van der Waals surface area contributed by atoms with E-state index in [-0.39, 0.29) is 4.21 Å². The molecule has 1 aliphatic carbocycles. The Morgan fingerprint density at radius 2 is 1.90 bits per heavy atom. The van der Waals surface area contributed by atoms with Crippen molar-refractivity contribution in [3.05, 3.63) is 60.6 Å². The van der Waals surface area contributed by atoms with Gasteiger partial charge in [-0.1, -0.05) is 50.3 Å². The first-order chi connectivity index (χ1) is 15.0. The molecule has 3 aromatic rings. The number of sulfonamides is 1. The molecular formula is C24H30N2O3S2. The molecule has 0 unspecified atom stereocenters. The number of nitrogens with one attached hydrogen (secondary N) is 2. The normalized spacial score (nSPS) is 16.3. The number of benzene rings is 1. The van der Waals surface area contributed by atoms with Crippen LogP contribution in [0, 0.1) is 5.92 Å². The van der Waals surface area contributed by atoms with Crippen LogP contribution in [0.15, 0.2) is 63.6 Å². The molecule has 0 aliphatic heterocycles. The summed E-state index contributed by atoms with van der Waals surface area (Å²) in [4.78, 5) is 0.862. The average Bonchev–Trinajstić information content (AvgIpc) is 3.46. The Bertz CT molecular complexity index is 1070. The Morgan fingerprint density at radius 1 is 1.10 bits per heavy atom. The number of hydrogen-bond acceptors (Lipinski definition) is 5. The maximum Gasteiger partial charge on any atom is 0.271 e. The van der Waals surface area contributed by atoms with Crippen molar-refractivity contribution in [3.8, 4) is 10.4 Å². The quantitative estimate of drug-likeness (QED) is 0.397. The molecule has 31 heavy (non-hydrogen) atoms. The molecule has 166 valence electrons.